The van der Waals surface area contributed by atoms with Gasteiger partial charge in [0.1, 0.15) is 17.3 Å². The summed E-state index contributed by atoms with van der Waals surface area (Å²) in [6, 6.07) is 1.39. The minimum absolute atomic E-state index is 0.139. The van der Waals surface area contributed by atoms with Crippen LogP contribution in [0.2, 0.25) is 5.15 Å². The van der Waals surface area contributed by atoms with E-state index in [2.05, 4.69) is 20.4 Å². The van der Waals surface area contributed by atoms with Crippen LogP contribution in [0.15, 0.2) is 12.4 Å². The van der Waals surface area contributed by atoms with Gasteiger partial charge < -0.3 is 5.32 Å². The number of fused-ring (bicyclic) bond motifs is 1. The molecule has 2 aromatic heterocycles. The molecule has 2 heterocycles. The summed E-state index contributed by atoms with van der Waals surface area (Å²) >= 11 is 5.70. The largest absolute Gasteiger partial charge is 0.390 e. The normalized spacial score (nSPS) is 12.0. The molecule has 0 bridgehead atoms. The van der Waals surface area contributed by atoms with E-state index >= 15 is 0 Å². The van der Waals surface area contributed by atoms with Crippen LogP contribution in [0.3, 0.4) is 0 Å². The van der Waals surface area contributed by atoms with Gasteiger partial charge in [0.25, 0.3) is 5.78 Å². The third kappa shape index (κ3) is 2.96. The predicted molar refractivity (Wildman–Crippen MR) is 55.0 cm³/mol. The van der Waals surface area contributed by atoms with Gasteiger partial charge in [0.2, 0.25) is 0 Å². The minimum Gasteiger partial charge on any atom is -0.369 e. The molecule has 9 heteroatoms. The maximum atomic E-state index is 12.0. The van der Waals surface area contributed by atoms with Crippen LogP contribution < -0.4 is 5.32 Å². The van der Waals surface area contributed by atoms with E-state index in [-0.39, 0.29) is 17.5 Å². The number of nitrogens with one attached hydrogen (secondary N) is 1. The van der Waals surface area contributed by atoms with E-state index < -0.39 is 12.6 Å². The average Bonchev–Trinajstić information content (AvgIpc) is 2.63. The minimum atomic E-state index is -4.20. The number of anilines is 1. The van der Waals surface area contributed by atoms with Gasteiger partial charge >= 0.3 is 6.18 Å². The van der Waals surface area contributed by atoms with E-state index in [0.29, 0.717) is 5.82 Å². The lowest BCUT2D eigenvalue weighted by atomic mass is 10.4. The number of alkyl halides is 3. The molecule has 2 aromatic rings. The van der Waals surface area contributed by atoms with E-state index in [4.69, 9.17) is 11.6 Å². The molecule has 0 aliphatic heterocycles. The Hall–Kier alpha value is -1.57. The van der Waals surface area contributed by atoms with Crippen molar-refractivity contribution in [2.24, 2.45) is 0 Å². The summed E-state index contributed by atoms with van der Waals surface area (Å²) in [4.78, 5) is 7.64. The van der Waals surface area contributed by atoms with Gasteiger partial charge in [-0.15, -0.1) is 0 Å². The lowest BCUT2D eigenvalue weighted by Gasteiger charge is -2.09. The first kappa shape index (κ1) is 11.9. The summed E-state index contributed by atoms with van der Waals surface area (Å²) in [7, 11) is 0. The first-order valence-electron chi connectivity index (χ1n) is 4.62. The van der Waals surface area contributed by atoms with Gasteiger partial charge in [-0.3, -0.25) is 0 Å². The maximum absolute atomic E-state index is 12.0. The number of hydrogen-bond acceptors (Lipinski definition) is 4. The van der Waals surface area contributed by atoms with Gasteiger partial charge in [-0.25, -0.2) is 0 Å². The van der Waals surface area contributed by atoms with E-state index in [1.165, 1.54) is 16.9 Å². The zero-order valence-corrected chi connectivity index (χ0v) is 9.13. The molecule has 0 spiro atoms. The van der Waals surface area contributed by atoms with Crippen molar-refractivity contribution in [3.8, 4) is 0 Å². The van der Waals surface area contributed by atoms with Gasteiger partial charge in [0.15, 0.2) is 0 Å². The molecule has 2 rings (SSSR count). The summed E-state index contributed by atoms with van der Waals surface area (Å²) in [5.74, 6) is 0.550. The van der Waals surface area contributed by atoms with Crippen molar-refractivity contribution in [2.75, 3.05) is 11.9 Å². The Morgan fingerprint density at radius 2 is 2.18 bits per heavy atom. The molecule has 92 valence electrons. The molecule has 0 unspecified atom stereocenters. The highest BCUT2D eigenvalue weighted by Crippen LogP contribution is 2.20. The molecule has 0 saturated heterocycles. The zero-order chi connectivity index (χ0) is 12.5. The second kappa shape index (κ2) is 4.36. The van der Waals surface area contributed by atoms with Crippen molar-refractivity contribution >= 4 is 23.2 Å². The lowest BCUT2D eigenvalue weighted by Crippen LogP contribution is -2.16. The molecule has 17 heavy (non-hydrogen) atoms. The Morgan fingerprint density at radius 1 is 1.41 bits per heavy atom. The van der Waals surface area contributed by atoms with Crippen molar-refractivity contribution in [3.05, 3.63) is 17.5 Å². The van der Waals surface area contributed by atoms with Gasteiger partial charge in [-0.2, -0.15) is 32.8 Å². The second-order valence-electron chi connectivity index (χ2n) is 3.23. The molecule has 0 saturated carbocycles. The first-order chi connectivity index (χ1) is 7.96. The summed E-state index contributed by atoms with van der Waals surface area (Å²) in [6.45, 7) is -0.265. The molecule has 0 atom stereocenters. The van der Waals surface area contributed by atoms with E-state index in [1.807, 2.05) is 0 Å². The van der Waals surface area contributed by atoms with Crippen LogP contribution in [-0.2, 0) is 0 Å². The molecule has 1 N–H and O–H groups in total. The monoisotopic (exact) mass is 265 g/mol. The van der Waals surface area contributed by atoms with Crippen molar-refractivity contribution < 1.29 is 13.2 Å². The molecule has 0 aliphatic rings. The summed E-state index contributed by atoms with van der Waals surface area (Å²) in [6.07, 6.45) is -3.90. The number of nitrogens with zero attached hydrogens (tertiary/aromatic N) is 4. The van der Waals surface area contributed by atoms with E-state index in [1.54, 1.807) is 0 Å². The first-order valence-corrected chi connectivity index (χ1v) is 5.00. The zero-order valence-electron chi connectivity index (χ0n) is 8.37. The van der Waals surface area contributed by atoms with Crippen LogP contribution in [0.5, 0.6) is 0 Å². The van der Waals surface area contributed by atoms with Crippen LogP contribution in [0, 0.1) is 0 Å². The van der Waals surface area contributed by atoms with Gasteiger partial charge in [-0.1, -0.05) is 11.6 Å². The standard InChI is InChI=1S/C8H7ClF3N5/c9-5-3-6(13-2-1-8(10,11)12)17-7(16-5)14-4-15-17/h3-4,13H,1-2H2. The summed E-state index contributed by atoms with van der Waals surface area (Å²) in [5.41, 5.74) is 0. The van der Waals surface area contributed by atoms with Crippen LogP contribution in [0.4, 0.5) is 19.0 Å². The average molecular weight is 266 g/mol. The molecular formula is C8H7ClF3N5. The Labute approximate surface area is 98.6 Å². The van der Waals surface area contributed by atoms with Gasteiger partial charge in [0, 0.05) is 12.6 Å². The molecule has 0 amide bonds. The summed E-state index contributed by atoms with van der Waals surface area (Å²) in [5, 5.41) is 6.54. The fourth-order valence-corrected chi connectivity index (χ4v) is 1.42. The molecule has 5 nitrogen and oxygen atoms in total. The van der Waals surface area contributed by atoms with E-state index in [9.17, 15) is 13.2 Å². The Morgan fingerprint density at radius 3 is 2.88 bits per heavy atom. The summed E-state index contributed by atoms with van der Waals surface area (Å²) < 4.78 is 37.2. The van der Waals surface area contributed by atoms with Crippen molar-refractivity contribution in [1.29, 1.82) is 0 Å². The molecule has 0 radical (unpaired) electrons. The fraction of sp³-hybridized carbons (Fsp3) is 0.375. The second-order valence-corrected chi connectivity index (χ2v) is 3.62. The molecular weight excluding hydrogens is 259 g/mol. The van der Waals surface area contributed by atoms with E-state index in [0.717, 1.165) is 0 Å². The number of halogens is 4. The highest BCUT2D eigenvalue weighted by Gasteiger charge is 2.26. The molecule has 0 fully saturated rings. The quantitative estimate of drug-likeness (QED) is 0.864. The lowest BCUT2D eigenvalue weighted by molar-refractivity contribution is -0.131. The molecule has 0 aromatic carbocycles. The number of rotatable bonds is 3. The SMILES string of the molecule is FC(F)(F)CCNc1cc(Cl)nc2ncnn12. The third-order valence-corrected chi connectivity index (χ3v) is 2.13. The smallest absolute Gasteiger partial charge is 0.369 e. The van der Waals surface area contributed by atoms with Crippen molar-refractivity contribution in [3.63, 3.8) is 0 Å². The topological polar surface area (TPSA) is 55.1 Å². The number of hydrogen-bond donors (Lipinski definition) is 1. The third-order valence-electron chi connectivity index (χ3n) is 1.94. The Kier molecular flexibility index (Phi) is 3.05. The van der Waals surface area contributed by atoms with Crippen LogP contribution in [-0.4, -0.2) is 32.3 Å². The van der Waals surface area contributed by atoms with Gasteiger partial charge in [0.05, 0.1) is 6.42 Å². The predicted octanol–water partition coefficient (Wildman–Crippen LogP) is 2.14. The van der Waals surface area contributed by atoms with Crippen molar-refractivity contribution in [1.82, 2.24) is 19.6 Å². The van der Waals surface area contributed by atoms with Crippen LogP contribution in [0.25, 0.3) is 5.78 Å². The highest BCUT2D eigenvalue weighted by molar-refractivity contribution is 6.29. The van der Waals surface area contributed by atoms with Crippen LogP contribution in [0.1, 0.15) is 6.42 Å². The van der Waals surface area contributed by atoms with Crippen LogP contribution >= 0.6 is 11.6 Å². The Balaban J connectivity index is 2.15. The molecule has 0 aliphatic carbocycles. The fourth-order valence-electron chi connectivity index (χ4n) is 1.24. The Bertz CT molecular complexity index is 523. The highest BCUT2D eigenvalue weighted by atomic mass is 35.5. The number of aromatic nitrogens is 4. The maximum Gasteiger partial charge on any atom is 0.390 e. The van der Waals surface area contributed by atoms with Crippen molar-refractivity contribution in [2.45, 2.75) is 12.6 Å². The van der Waals surface area contributed by atoms with Gasteiger partial charge in [-0.05, 0) is 0 Å².